The highest BCUT2D eigenvalue weighted by Crippen LogP contribution is 2.20. The number of amides is 2. The average Bonchev–Trinajstić information content (AvgIpc) is 2.75. The maximum Gasteiger partial charge on any atom is 0.261 e. The predicted octanol–water partition coefficient (Wildman–Crippen LogP) is 5.03. The summed E-state index contributed by atoms with van der Waals surface area (Å²) in [5.74, 6) is 0.885. The van der Waals surface area contributed by atoms with E-state index in [2.05, 4.69) is 19.2 Å². The van der Waals surface area contributed by atoms with Crippen LogP contribution in [0.15, 0.2) is 48.5 Å². The van der Waals surface area contributed by atoms with Gasteiger partial charge in [0.05, 0.1) is 0 Å². The summed E-state index contributed by atoms with van der Waals surface area (Å²) in [7, 11) is 0. The van der Waals surface area contributed by atoms with E-state index in [4.69, 9.17) is 16.3 Å². The van der Waals surface area contributed by atoms with Crippen LogP contribution in [0, 0.1) is 5.92 Å². The largest absolute Gasteiger partial charge is 0.484 e. The van der Waals surface area contributed by atoms with Crippen LogP contribution < -0.4 is 10.1 Å². The molecule has 0 spiro atoms. The van der Waals surface area contributed by atoms with Crippen LogP contribution in [-0.4, -0.2) is 35.9 Å². The first-order valence-electron chi connectivity index (χ1n) is 10.7. The van der Waals surface area contributed by atoms with E-state index < -0.39 is 6.04 Å². The van der Waals surface area contributed by atoms with Crippen LogP contribution in [-0.2, 0) is 16.1 Å². The lowest BCUT2D eigenvalue weighted by molar-refractivity contribution is -0.142. The van der Waals surface area contributed by atoms with Gasteiger partial charge >= 0.3 is 0 Å². The van der Waals surface area contributed by atoms with E-state index in [0.29, 0.717) is 29.2 Å². The Hall–Kier alpha value is -2.53. The summed E-state index contributed by atoms with van der Waals surface area (Å²) in [5, 5.41) is 3.46. The third-order valence-electron chi connectivity index (χ3n) is 5.06. The standard InChI is InChI=1S/C25H33ClN2O3/c1-17(2)14-27-25(30)19(5)28(15-21-8-6-7-9-23(21)26)24(29)16-31-22-12-10-20(11-13-22)18(3)4/h6-13,17-19H,14-16H2,1-5H3,(H,27,30). The van der Waals surface area contributed by atoms with Gasteiger partial charge in [-0.05, 0) is 48.1 Å². The minimum atomic E-state index is -0.658. The summed E-state index contributed by atoms with van der Waals surface area (Å²) in [6, 6.07) is 14.4. The van der Waals surface area contributed by atoms with E-state index >= 15 is 0 Å². The average molecular weight is 445 g/mol. The van der Waals surface area contributed by atoms with Gasteiger partial charge in [0.15, 0.2) is 6.61 Å². The predicted molar refractivity (Wildman–Crippen MR) is 125 cm³/mol. The van der Waals surface area contributed by atoms with Gasteiger partial charge in [0.2, 0.25) is 5.91 Å². The Morgan fingerprint density at radius 1 is 1.00 bits per heavy atom. The molecule has 0 aromatic heterocycles. The molecule has 0 fully saturated rings. The highest BCUT2D eigenvalue weighted by Gasteiger charge is 2.27. The van der Waals surface area contributed by atoms with Crippen molar-refractivity contribution in [2.75, 3.05) is 13.2 Å². The van der Waals surface area contributed by atoms with Crippen molar-refractivity contribution < 1.29 is 14.3 Å². The molecule has 1 atom stereocenters. The summed E-state index contributed by atoms with van der Waals surface area (Å²) in [4.78, 5) is 27.2. The molecule has 2 aromatic rings. The molecular formula is C25H33ClN2O3. The Bertz CT molecular complexity index is 865. The maximum atomic E-state index is 13.1. The quantitative estimate of drug-likeness (QED) is 0.559. The first kappa shape index (κ1) is 24.7. The number of halogens is 1. The molecular weight excluding hydrogens is 412 g/mol. The molecule has 6 heteroatoms. The number of hydrogen-bond acceptors (Lipinski definition) is 3. The van der Waals surface area contributed by atoms with E-state index in [1.807, 2.05) is 56.3 Å². The summed E-state index contributed by atoms with van der Waals surface area (Å²) >= 11 is 6.30. The maximum absolute atomic E-state index is 13.1. The summed E-state index contributed by atoms with van der Waals surface area (Å²) in [5.41, 5.74) is 1.98. The highest BCUT2D eigenvalue weighted by molar-refractivity contribution is 6.31. The Balaban J connectivity index is 2.12. The fraction of sp³-hybridized carbons (Fsp3) is 0.440. The Morgan fingerprint density at radius 3 is 2.23 bits per heavy atom. The lowest BCUT2D eigenvalue weighted by atomic mass is 10.0. The molecule has 0 saturated heterocycles. The van der Waals surface area contributed by atoms with Gasteiger partial charge in [-0.2, -0.15) is 0 Å². The van der Waals surface area contributed by atoms with Crippen LogP contribution in [0.4, 0.5) is 0 Å². The van der Waals surface area contributed by atoms with Gasteiger partial charge in [0, 0.05) is 18.1 Å². The molecule has 5 nitrogen and oxygen atoms in total. The SMILES string of the molecule is CC(C)CNC(=O)C(C)N(Cc1ccccc1Cl)C(=O)COc1ccc(C(C)C)cc1. The van der Waals surface area contributed by atoms with E-state index in [1.54, 1.807) is 13.0 Å². The summed E-state index contributed by atoms with van der Waals surface area (Å²) < 4.78 is 5.72. The van der Waals surface area contributed by atoms with Gasteiger partial charge in [0.1, 0.15) is 11.8 Å². The second kappa shape index (κ2) is 11.8. The van der Waals surface area contributed by atoms with Gasteiger partial charge in [-0.3, -0.25) is 9.59 Å². The molecule has 0 radical (unpaired) electrons. The number of nitrogens with zero attached hydrogens (tertiary/aromatic N) is 1. The number of benzene rings is 2. The fourth-order valence-corrected chi connectivity index (χ4v) is 3.22. The fourth-order valence-electron chi connectivity index (χ4n) is 3.02. The second-order valence-electron chi connectivity index (χ2n) is 8.44. The van der Waals surface area contributed by atoms with Crippen molar-refractivity contribution in [2.45, 2.75) is 53.1 Å². The Labute approximate surface area is 190 Å². The molecule has 2 aromatic carbocycles. The third-order valence-corrected chi connectivity index (χ3v) is 5.43. The van der Waals surface area contributed by atoms with Gasteiger partial charge in [-0.15, -0.1) is 0 Å². The van der Waals surface area contributed by atoms with Crippen molar-refractivity contribution in [1.82, 2.24) is 10.2 Å². The zero-order chi connectivity index (χ0) is 23.0. The van der Waals surface area contributed by atoms with Crippen molar-refractivity contribution in [3.63, 3.8) is 0 Å². The molecule has 0 aliphatic heterocycles. The van der Waals surface area contributed by atoms with Crippen molar-refractivity contribution in [3.05, 3.63) is 64.7 Å². The number of carbonyl (C=O) groups excluding carboxylic acids is 2. The first-order valence-corrected chi connectivity index (χ1v) is 11.1. The molecule has 1 N–H and O–H groups in total. The van der Waals surface area contributed by atoms with Crippen LogP contribution in [0.2, 0.25) is 5.02 Å². The number of hydrogen-bond donors (Lipinski definition) is 1. The molecule has 0 aliphatic carbocycles. The molecule has 1 unspecified atom stereocenters. The van der Waals surface area contributed by atoms with Crippen molar-refractivity contribution in [2.24, 2.45) is 5.92 Å². The van der Waals surface area contributed by atoms with E-state index in [-0.39, 0.29) is 25.0 Å². The molecule has 0 bridgehead atoms. The zero-order valence-electron chi connectivity index (χ0n) is 19.0. The number of rotatable bonds is 10. The number of carbonyl (C=O) groups is 2. The Kier molecular flexibility index (Phi) is 9.38. The zero-order valence-corrected chi connectivity index (χ0v) is 19.8. The van der Waals surface area contributed by atoms with Crippen LogP contribution in [0.3, 0.4) is 0 Å². The van der Waals surface area contributed by atoms with Crippen LogP contribution in [0.25, 0.3) is 0 Å². The molecule has 2 amide bonds. The van der Waals surface area contributed by atoms with Crippen LogP contribution >= 0.6 is 11.6 Å². The lowest BCUT2D eigenvalue weighted by Crippen LogP contribution is -2.49. The van der Waals surface area contributed by atoms with Gasteiger partial charge < -0.3 is 15.0 Å². The normalized spacial score (nSPS) is 12.0. The molecule has 0 saturated carbocycles. The monoisotopic (exact) mass is 444 g/mol. The van der Waals surface area contributed by atoms with Crippen molar-refractivity contribution >= 4 is 23.4 Å². The topological polar surface area (TPSA) is 58.6 Å². The first-order chi connectivity index (χ1) is 14.7. The van der Waals surface area contributed by atoms with Crippen molar-refractivity contribution in [1.29, 1.82) is 0 Å². The smallest absolute Gasteiger partial charge is 0.261 e. The van der Waals surface area contributed by atoms with Gasteiger partial charge in [-0.1, -0.05) is 69.6 Å². The van der Waals surface area contributed by atoms with E-state index in [9.17, 15) is 9.59 Å². The van der Waals surface area contributed by atoms with Crippen LogP contribution in [0.1, 0.15) is 51.7 Å². The molecule has 0 aliphatic rings. The minimum Gasteiger partial charge on any atom is -0.484 e. The molecule has 2 rings (SSSR count). The summed E-state index contributed by atoms with van der Waals surface area (Å²) in [6.45, 7) is 10.6. The third kappa shape index (κ3) is 7.59. The number of nitrogens with one attached hydrogen (secondary N) is 1. The van der Waals surface area contributed by atoms with Gasteiger partial charge in [-0.25, -0.2) is 0 Å². The Morgan fingerprint density at radius 2 is 1.65 bits per heavy atom. The molecule has 168 valence electrons. The minimum absolute atomic E-state index is 0.159. The van der Waals surface area contributed by atoms with Crippen LogP contribution in [0.5, 0.6) is 5.75 Å². The van der Waals surface area contributed by atoms with Crippen molar-refractivity contribution in [3.8, 4) is 5.75 Å². The van der Waals surface area contributed by atoms with E-state index in [1.165, 1.54) is 10.5 Å². The lowest BCUT2D eigenvalue weighted by Gasteiger charge is -2.29. The summed E-state index contributed by atoms with van der Waals surface area (Å²) in [6.07, 6.45) is 0. The molecule has 31 heavy (non-hydrogen) atoms. The highest BCUT2D eigenvalue weighted by atomic mass is 35.5. The van der Waals surface area contributed by atoms with Gasteiger partial charge in [0.25, 0.3) is 5.91 Å². The van der Waals surface area contributed by atoms with E-state index in [0.717, 1.165) is 5.56 Å². The molecule has 0 heterocycles. The number of ether oxygens (including phenoxy) is 1. The second-order valence-corrected chi connectivity index (χ2v) is 8.85.